The number of esters is 1. The molecule has 2 heterocycles. The van der Waals surface area contributed by atoms with Crippen molar-refractivity contribution in [1.82, 2.24) is 0 Å². The van der Waals surface area contributed by atoms with Crippen LogP contribution < -0.4 is 5.63 Å². The van der Waals surface area contributed by atoms with Crippen molar-refractivity contribution < 1.29 is 24.2 Å². The van der Waals surface area contributed by atoms with Crippen molar-refractivity contribution in [1.29, 1.82) is 0 Å². The number of carbonyl (C=O) groups excluding carboxylic acids is 1. The number of aliphatic hydroxyl groups is 2. The maximum Gasteiger partial charge on any atom is 0.336 e. The molecule has 4 rings (SSSR count). The van der Waals surface area contributed by atoms with E-state index in [1.54, 1.807) is 6.92 Å². The first-order valence-electron chi connectivity index (χ1n) is 8.85. The minimum atomic E-state index is -1.03. The average Bonchev–Trinajstić information content (AvgIpc) is 2.76. The molecule has 1 saturated carbocycles. The largest absolute Gasteiger partial charge is 0.458 e. The molecule has 136 valence electrons. The van der Waals surface area contributed by atoms with Gasteiger partial charge in [0.1, 0.15) is 18.0 Å². The summed E-state index contributed by atoms with van der Waals surface area (Å²) in [5.74, 6) is -0.348. The lowest BCUT2D eigenvalue weighted by Crippen LogP contribution is -2.57. The van der Waals surface area contributed by atoms with Gasteiger partial charge in [-0.1, -0.05) is 20.8 Å². The van der Waals surface area contributed by atoms with Crippen LogP contribution >= 0.6 is 0 Å². The molecule has 6 atom stereocenters. The molecule has 0 bridgehead atoms. The molecule has 0 amide bonds. The van der Waals surface area contributed by atoms with E-state index in [-0.39, 0.29) is 17.8 Å². The van der Waals surface area contributed by atoms with Crippen molar-refractivity contribution >= 4 is 5.97 Å². The zero-order valence-corrected chi connectivity index (χ0v) is 14.9. The van der Waals surface area contributed by atoms with E-state index in [1.807, 2.05) is 20.8 Å². The summed E-state index contributed by atoms with van der Waals surface area (Å²) >= 11 is 0. The molecule has 2 N–H and O–H groups in total. The highest BCUT2D eigenvalue weighted by molar-refractivity contribution is 5.81. The van der Waals surface area contributed by atoms with E-state index in [0.717, 1.165) is 0 Å². The van der Waals surface area contributed by atoms with Crippen LogP contribution in [0.4, 0.5) is 0 Å². The molecule has 3 aliphatic rings. The Kier molecular flexibility index (Phi) is 3.32. The number of aliphatic hydroxyl groups excluding tert-OH is 2. The molecule has 6 heteroatoms. The third kappa shape index (κ3) is 1.98. The van der Waals surface area contributed by atoms with Gasteiger partial charge in [0.25, 0.3) is 0 Å². The molecule has 25 heavy (non-hydrogen) atoms. The molecular weight excluding hydrogens is 324 g/mol. The molecule has 2 fully saturated rings. The van der Waals surface area contributed by atoms with Gasteiger partial charge in [0.15, 0.2) is 0 Å². The Hall–Kier alpha value is -1.66. The predicted molar refractivity (Wildman–Crippen MR) is 88.1 cm³/mol. The molecule has 1 aromatic rings. The van der Waals surface area contributed by atoms with E-state index in [4.69, 9.17) is 9.15 Å². The zero-order valence-electron chi connectivity index (χ0n) is 14.9. The number of hydrogen-bond donors (Lipinski definition) is 2. The smallest absolute Gasteiger partial charge is 0.336 e. The highest BCUT2D eigenvalue weighted by Crippen LogP contribution is 2.63. The fraction of sp³-hybridized carbons (Fsp3) is 0.684. The van der Waals surface area contributed by atoms with Crippen molar-refractivity contribution in [2.45, 2.75) is 70.2 Å². The summed E-state index contributed by atoms with van der Waals surface area (Å²) in [7, 11) is 0. The standard InChI is InChI=1S/C19H24O6/c1-8(2)14-12-10(5-11(21)24-14)18(3)6-9(20)7-19(4)16(18)15(13(12)22)25-17(19)23/h5,8-9,13,15-16,20,22H,6-7H2,1-4H3/t9-,13-,15-,16-,18-,19+/m1/s1. The highest BCUT2D eigenvalue weighted by Gasteiger charge is 2.68. The average molecular weight is 348 g/mol. The maximum absolute atomic E-state index is 12.6. The Bertz CT molecular complexity index is 811. The number of fused-ring (bicyclic) bond motifs is 2. The second-order valence-corrected chi connectivity index (χ2v) is 8.60. The molecular formula is C19H24O6. The van der Waals surface area contributed by atoms with Crippen LogP contribution in [0.3, 0.4) is 0 Å². The van der Waals surface area contributed by atoms with Crippen LogP contribution in [0.2, 0.25) is 0 Å². The molecule has 2 aliphatic carbocycles. The first-order chi connectivity index (χ1) is 11.6. The van der Waals surface area contributed by atoms with Gasteiger partial charge in [-0.15, -0.1) is 0 Å². The summed E-state index contributed by atoms with van der Waals surface area (Å²) in [6.45, 7) is 7.54. The van der Waals surface area contributed by atoms with Crippen molar-refractivity contribution in [2.24, 2.45) is 11.3 Å². The van der Waals surface area contributed by atoms with E-state index in [9.17, 15) is 19.8 Å². The third-order valence-corrected chi connectivity index (χ3v) is 6.51. The lowest BCUT2D eigenvalue weighted by atomic mass is 9.49. The summed E-state index contributed by atoms with van der Waals surface area (Å²) in [5, 5.41) is 21.5. The second kappa shape index (κ2) is 4.95. The number of hydrogen-bond acceptors (Lipinski definition) is 6. The van der Waals surface area contributed by atoms with Crippen LogP contribution in [0.1, 0.15) is 69.4 Å². The lowest BCUT2D eigenvalue weighted by Gasteiger charge is -2.53. The minimum absolute atomic E-state index is 0.102. The first-order valence-corrected chi connectivity index (χ1v) is 8.85. The molecule has 0 radical (unpaired) electrons. The van der Waals surface area contributed by atoms with Crippen molar-refractivity contribution in [3.8, 4) is 0 Å². The fourth-order valence-electron chi connectivity index (χ4n) is 5.69. The Morgan fingerprint density at radius 1 is 1.16 bits per heavy atom. The molecule has 1 aliphatic heterocycles. The second-order valence-electron chi connectivity index (χ2n) is 8.60. The Morgan fingerprint density at radius 3 is 2.44 bits per heavy atom. The molecule has 1 aromatic heterocycles. The van der Waals surface area contributed by atoms with Crippen molar-refractivity contribution in [2.75, 3.05) is 0 Å². The van der Waals surface area contributed by atoms with Crippen LogP contribution in [0.25, 0.3) is 0 Å². The zero-order chi connectivity index (χ0) is 18.3. The van der Waals surface area contributed by atoms with Crippen LogP contribution in [-0.2, 0) is 14.9 Å². The van der Waals surface area contributed by atoms with Crippen LogP contribution in [0.15, 0.2) is 15.3 Å². The van der Waals surface area contributed by atoms with Gasteiger partial charge >= 0.3 is 11.6 Å². The summed E-state index contributed by atoms with van der Waals surface area (Å²) in [5.41, 5.74) is -0.753. The Labute approximate surface area is 145 Å². The van der Waals surface area contributed by atoms with Gasteiger partial charge in [0.05, 0.1) is 11.5 Å². The SMILES string of the molecule is CC(C)c1oc(=O)cc2c1[C@@H](O)[C@H]1OC(=O)[C@@]3(C)C[C@H](O)C[C@@]2(C)[C@@H]13. The van der Waals surface area contributed by atoms with Gasteiger partial charge < -0.3 is 19.4 Å². The highest BCUT2D eigenvalue weighted by atomic mass is 16.6. The maximum atomic E-state index is 12.6. The molecule has 1 saturated heterocycles. The predicted octanol–water partition coefficient (Wildman–Crippen LogP) is 1.77. The van der Waals surface area contributed by atoms with E-state index < -0.39 is 34.8 Å². The summed E-state index contributed by atoms with van der Waals surface area (Å²) in [4.78, 5) is 24.8. The van der Waals surface area contributed by atoms with Crippen molar-refractivity contribution in [3.05, 3.63) is 33.4 Å². The quantitative estimate of drug-likeness (QED) is 0.751. The normalized spacial score (nSPS) is 42.1. The third-order valence-electron chi connectivity index (χ3n) is 6.51. The van der Waals surface area contributed by atoms with Gasteiger partial charge in [0, 0.05) is 28.9 Å². The van der Waals surface area contributed by atoms with Gasteiger partial charge in [-0.3, -0.25) is 4.79 Å². The summed E-state index contributed by atoms with van der Waals surface area (Å²) in [6.07, 6.45) is -1.66. The monoisotopic (exact) mass is 348 g/mol. The van der Waals surface area contributed by atoms with Crippen LogP contribution in [0.5, 0.6) is 0 Å². The van der Waals surface area contributed by atoms with Gasteiger partial charge in [-0.25, -0.2) is 4.79 Å². The van der Waals surface area contributed by atoms with E-state index in [0.29, 0.717) is 29.7 Å². The number of carbonyl (C=O) groups is 1. The van der Waals surface area contributed by atoms with E-state index >= 15 is 0 Å². The molecule has 0 aromatic carbocycles. The summed E-state index contributed by atoms with van der Waals surface area (Å²) in [6, 6.07) is 1.42. The topological polar surface area (TPSA) is 97.0 Å². The van der Waals surface area contributed by atoms with E-state index in [1.165, 1.54) is 6.07 Å². The van der Waals surface area contributed by atoms with Gasteiger partial charge in [-0.05, 0) is 25.3 Å². The van der Waals surface area contributed by atoms with Gasteiger partial charge in [0.2, 0.25) is 0 Å². The van der Waals surface area contributed by atoms with Crippen molar-refractivity contribution in [3.63, 3.8) is 0 Å². The van der Waals surface area contributed by atoms with E-state index in [2.05, 4.69) is 0 Å². The fourth-order valence-corrected chi connectivity index (χ4v) is 5.69. The van der Waals surface area contributed by atoms with Crippen LogP contribution in [0, 0.1) is 11.3 Å². The number of rotatable bonds is 1. The Balaban J connectivity index is 2.04. The van der Waals surface area contributed by atoms with Crippen LogP contribution in [-0.4, -0.2) is 28.4 Å². The molecule has 0 spiro atoms. The first kappa shape index (κ1) is 16.8. The minimum Gasteiger partial charge on any atom is -0.458 e. The molecule has 6 nitrogen and oxygen atoms in total. The lowest BCUT2D eigenvalue weighted by molar-refractivity contribution is -0.152. The molecule has 0 unspecified atom stereocenters. The Morgan fingerprint density at radius 2 is 1.80 bits per heavy atom. The number of ether oxygens (including phenoxy) is 1. The summed E-state index contributed by atoms with van der Waals surface area (Å²) < 4.78 is 11.0. The van der Waals surface area contributed by atoms with Gasteiger partial charge in [-0.2, -0.15) is 0 Å².